The Morgan fingerprint density at radius 1 is 1.03 bits per heavy atom. The summed E-state index contributed by atoms with van der Waals surface area (Å²) < 4.78 is 11.3. The first-order valence-corrected chi connectivity index (χ1v) is 10.3. The summed E-state index contributed by atoms with van der Waals surface area (Å²) in [6.45, 7) is 0.560. The molecule has 0 amide bonds. The number of nitrogens with one attached hydrogen (secondary N) is 1. The zero-order chi connectivity index (χ0) is 20.5. The summed E-state index contributed by atoms with van der Waals surface area (Å²) in [6.07, 6.45) is 5.57. The molecular weight excluding hydrogens is 374 g/mol. The average Bonchev–Trinajstić information content (AvgIpc) is 3.28. The molecule has 0 saturated carbocycles. The van der Waals surface area contributed by atoms with Crippen LogP contribution in [0.4, 0.5) is 5.69 Å². The van der Waals surface area contributed by atoms with Gasteiger partial charge in [0.2, 0.25) is 0 Å². The van der Waals surface area contributed by atoms with Gasteiger partial charge >= 0.3 is 0 Å². The number of hydrogen-bond donors (Lipinski definition) is 2. The summed E-state index contributed by atoms with van der Waals surface area (Å²) in [5.41, 5.74) is 4.62. The molecule has 3 aromatic rings. The smallest absolute Gasteiger partial charge is 0.160 e. The van der Waals surface area contributed by atoms with Gasteiger partial charge in [0, 0.05) is 11.6 Å². The van der Waals surface area contributed by atoms with E-state index < -0.39 is 0 Å². The van der Waals surface area contributed by atoms with E-state index in [0.717, 1.165) is 29.0 Å². The topological polar surface area (TPSA) is 50.7 Å². The number of phenolic OH excluding ortho intramolecular Hbond substituents is 1. The summed E-state index contributed by atoms with van der Waals surface area (Å²) in [5, 5.41) is 14.0. The Hall–Kier alpha value is -3.40. The number of hydrogen-bond acceptors (Lipinski definition) is 4. The molecule has 2 aliphatic rings. The van der Waals surface area contributed by atoms with Crippen LogP contribution in [0.25, 0.3) is 0 Å². The van der Waals surface area contributed by atoms with Crippen molar-refractivity contribution in [2.75, 3.05) is 12.4 Å². The zero-order valence-corrected chi connectivity index (χ0v) is 16.9. The predicted octanol–water partition coefficient (Wildman–Crippen LogP) is 5.81. The monoisotopic (exact) mass is 399 g/mol. The van der Waals surface area contributed by atoms with Crippen LogP contribution in [0.1, 0.15) is 35.1 Å². The number of methoxy groups -OCH3 is 1. The van der Waals surface area contributed by atoms with Gasteiger partial charge < -0.3 is 19.9 Å². The average molecular weight is 399 g/mol. The van der Waals surface area contributed by atoms with Crippen molar-refractivity contribution in [1.82, 2.24) is 0 Å². The van der Waals surface area contributed by atoms with Crippen molar-refractivity contribution in [3.63, 3.8) is 0 Å². The van der Waals surface area contributed by atoms with Crippen LogP contribution in [0.3, 0.4) is 0 Å². The second-order valence-electron chi connectivity index (χ2n) is 7.93. The Morgan fingerprint density at radius 3 is 2.70 bits per heavy atom. The Labute approximate surface area is 176 Å². The first kappa shape index (κ1) is 18.6. The molecule has 0 radical (unpaired) electrons. The Morgan fingerprint density at radius 2 is 1.90 bits per heavy atom. The third-order valence-electron chi connectivity index (χ3n) is 6.14. The summed E-state index contributed by atoms with van der Waals surface area (Å²) in [6, 6.07) is 22.3. The second-order valence-corrected chi connectivity index (χ2v) is 7.93. The standard InChI is InChI=1S/C26H25NO3/c1-29-25-13-10-18(14-24(25)28)26-21-9-5-8-20(21)22-15-19(11-12-23(22)27-26)30-16-17-6-3-2-4-7-17/h2-8,10-15,20-21,26-28H,9,16H2,1H3. The number of phenols is 1. The summed E-state index contributed by atoms with van der Waals surface area (Å²) in [5.74, 6) is 2.29. The molecule has 3 unspecified atom stereocenters. The van der Waals surface area contributed by atoms with E-state index in [1.165, 1.54) is 5.56 Å². The molecule has 3 aromatic carbocycles. The van der Waals surface area contributed by atoms with Crippen molar-refractivity contribution in [2.24, 2.45) is 5.92 Å². The van der Waals surface area contributed by atoms with Gasteiger partial charge in [0.05, 0.1) is 13.2 Å². The van der Waals surface area contributed by atoms with Gasteiger partial charge in [0.15, 0.2) is 11.5 Å². The molecular formula is C26H25NO3. The fourth-order valence-corrected chi connectivity index (χ4v) is 4.63. The number of anilines is 1. The number of allylic oxidation sites excluding steroid dienone is 2. The Bertz CT molecular complexity index is 1080. The van der Waals surface area contributed by atoms with Gasteiger partial charge in [-0.1, -0.05) is 48.6 Å². The van der Waals surface area contributed by atoms with Gasteiger partial charge in [0.25, 0.3) is 0 Å². The molecule has 30 heavy (non-hydrogen) atoms. The van der Waals surface area contributed by atoms with Gasteiger partial charge in [0.1, 0.15) is 12.4 Å². The third-order valence-corrected chi connectivity index (χ3v) is 6.14. The zero-order valence-electron chi connectivity index (χ0n) is 16.9. The van der Waals surface area contributed by atoms with Crippen LogP contribution < -0.4 is 14.8 Å². The lowest BCUT2D eigenvalue weighted by atomic mass is 9.77. The molecule has 0 aromatic heterocycles. The van der Waals surface area contributed by atoms with Gasteiger partial charge in [-0.2, -0.15) is 0 Å². The molecule has 3 atom stereocenters. The molecule has 1 heterocycles. The Balaban J connectivity index is 1.41. The third kappa shape index (κ3) is 3.39. The highest BCUT2D eigenvalue weighted by Gasteiger charge is 2.38. The van der Waals surface area contributed by atoms with E-state index in [1.54, 1.807) is 7.11 Å². The number of fused-ring (bicyclic) bond motifs is 3. The van der Waals surface area contributed by atoms with Crippen molar-refractivity contribution in [3.8, 4) is 17.2 Å². The quantitative estimate of drug-likeness (QED) is 0.532. The number of ether oxygens (including phenoxy) is 2. The van der Waals surface area contributed by atoms with Crippen molar-refractivity contribution in [1.29, 1.82) is 0 Å². The molecule has 0 spiro atoms. The molecule has 1 aliphatic carbocycles. The highest BCUT2D eigenvalue weighted by Crippen LogP contribution is 2.51. The number of aromatic hydroxyl groups is 1. The lowest BCUT2D eigenvalue weighted by Crippen LogP contribution is -2.29. The van der Waals surface area contributed by atoms with E-state index in [0.29, 0.717) is 24.2 Å². The van der Waals surface area contributed by atoms with Crippen molar-refractivity contribution < 1.29 is 14.6 Å². The maximum absolute atomic E-state index is 10.3. The maximum Gasteiger partial charge on any atom is 0.160 e. The van der Waals surface area contributed by atoms with Crippen LogP contribution in [0.2, 0.25) is 0 Å². The predicted molar refractivity (Wildman–Crippen MR) is 118 cm³/mol. The van der Waals surface area contributed by atoms with Crippen molar-refractivity contribution >= 4 is 5.69 Å². The van der Waals surface area contributed by atoms with E-state index in [2.05, 4.69) is 41.7 Å². The fraction of sp³-hybridized carbons (Fsp3) is 0.231. The van der Waals surface area contributed by atoms with Crippen molar-refractivity contribution in [2.45, 2.75) is 25.0 Å². The first-order valence-electron chi connectivity index (χ1n) is 10.3. The first-order chi connectivity index (χ1) is 14.7. The molecule has 152 valence electrons. The van der Waals surface area contributed by atoms with E-state index in [1.807, 2.05) is 42.5 Å². The highest BCUT2D eigenvalue weighted by atomic mass is 16.5. The largest absolute Gasteiger partial charge is 0.504 e. The highest BCUT2D eigenvalue weighted by molar-refractivity contribution is 5.62. The second kappa shape index (κ2) is 7.79. The van der Waals surface area contributed by atoms with E-state index in [9.17, 15) is 5.11 Å². The van der Waals surface area contributed by atoms with Crippen molar-refractivity contribution in [3.05, 3.63) is 95.6 Å². The van der Waals surface area contributed by atoms with Crippen LogP contribution in [-0.2, 0) is 6.61 Å². The number of rotatable bonds is 5. The van der Waals surface area contributed by atoms with Crippen LogP contribution in [-0.4, -0.2) is 12.2 Å². The summed E-state index contributed by atoms with van der Waals surface area (Å²) >= 11 is 0. The molecule has 4 heteroatoms. The number of benzene rings is 3. The molecule has 0 fully saturated rings. The van der Waals surface area contributed by atoms with Gasteiger partial charge in [-0.3, -0.25) is 0 Å². The lowest BCUT2D eigenvalue weighted by Gasteiger charge is -2.37. The molecule has 0 bridgehead atoms. The van der Waals surface area contributed by atoms with E-state index in [4.69, 9.17) is 9.47 Å². The fourth-order valence-electron chi connectivity index (χ4n) is 4.63. The van der Waals surface area contributed by atoms with Crippen LogP contribution in [0, 0.1) is 5.92 Å². The summed E-state index contributed by atoms with van der Waals surface area (Å²) in [4.78, 5) is 0. The Kier molecular flexibility index (Phi) is 4.83. The SMILES string of the molecule is COc1ccc(C2Nc3ccc(OCc4ccccc4)cc3C3C=CCC32)cc1O. The van der Waals surface area contributed by atoms with E-state index in [-0.39, 0.29) is 11.8 Å². The van der Waals surface area contributed by atoms with E-state index >= 15 is 0 Å². The molecule has 2 N–H and O–H groups in total. The minimum Gasteiger partial charge on any atom is -0.504 e. The normalized spacial score (nSPS) is 21.4. The van der Waals surface area contributed by atoms with Crippen LogP contribution >= 0.6 is 0 Å². The molecule has 1 aliphatic heterocycles. The maximum atomic E-state index is 10.3. The minimum absolute atomic E-state index is 0.130. The molecule has 5 rings (SSSR count). The van der Waals surface area contributed by atoms with Crippen LogP contribution in [0.15, 0.2) is 78.9 Å². The van der Waals surface area contributed by atoms with Gasteiger partial charge in [-0.15, -0.1) is 0 Å². The minimum atomic E-state index is 0.130. The van der Waals surface area contributed by atoms with Crippen LogP contribution in [0.5, 0.6) is 17.2 Å². The molecule has 0 saturated heterocycles. The van der Waals surface area contributed by atoms with Gasteiger partial charge in [-0.05, 0) is 59.4 Å². The lowest BCUT2D eigenvalue weighted by molar-refractivity contribution is 0.305. The summed E-state index contributed by atoms with van der Waals surface area (Å²) in [7, 11) is 1.57. The van der Waals surface area contributed by atoms with Gasteiger partial charge in [-0.25, -0.2) is 0 Å². The molecule has 4 nitrogen and oxygen atoms in total.